The Bertz CT molecular complexity index is 906. The molecular weight excluding hydrogens is 360 g/mol. The van der Waals surface area contributed by atoms with E-state index in [1.165, 1.54) is 0 Å². The number of benzene rings is 1. The maximum absolute atomic E-state index is 11.2. The fourth-order valence-corrected chi connectivity index (χ4v) is 2.69. The monoisotopic (exact) mass is 382 g/mol. The van der Waals surface area contributed by atoms with Crippen LogP contribution in [0.4, 0.5) is 0 Å². The van der Waals surface area contributed by atoms with E-state index >= 15 is 0 Å². The number of nitrogens with zero attached hydrogens (tertiary/aromatic N) is 2. The standard InChI is InChI=1S/C21H22N2O5/c1-3-26-19(21(24)25)12-15-4-6-17(7-5-15)27-13-18-14(2)28-20(23-18)16-8-10-22-11-9-16/h4-11,19H,3,12-13H2,1-2H3,(H,24,25). The normalized spacial score (nSPS) is 11.9. The maximum atomic E-state index is 11.2. The van der Waals surface area contributed by atoms with E-state index in [0.29, 0.717) is 30.4 Å². The van der Waals surface area contributed by atoms with E-state index in [9.17, 15) is 9.90 Å². The molecular formula is C21H22N2O5. The van der Waals surface area contributed by atoms with E-state index in [2.05, 4.69) is 9.97 Å². The summed E-state index contributed by atoms with van der Waals surface area (Å²) in [6.45, 7) is 4.26. The third-order valence-electron chi connectivity index (χ3n) is 4.18. The van der Waals surface area contributed by atoms with Crippen molar-refractivity contribution in [1.82, 2.24) is 9.97 Å². The largest absolute Gasteiger partial charge is 0.487 e. The Morgan fingerprint density at radius 2 is 1.89 bits per heavy atom. The lowest BCUT2D eigenvalue weighted by atomic mass is 10.1. The molecule has 0 bridgehead atoms. The van der Waals surface area contributed by atoms with Gasteiger partial charge in [0, 0.05) is 31.0 Å². The number of aliphatic carboxylic acids is 1. The van der Waals surface area contributed by atoms with Crippen molar-refractivity contribution in [1.29, 1.82) is 0 Å². The lowest BCUT2D eigenvalue weighted by Crippen LogP contribution is -2.26. The average Bonchev–Trinajstić information content (AvgIpc) is 3.08. The van der Waals surface area contributed by atoms with Crippen LogP contribution in [0.5, 0.6) is 5.75 Å². The van der Waals surface area contributed by atoms with Gasteiger partial charge in [-0.05, 0) is 43.7 Å². The summed E-state index contributed by atoms with van der Waals surface area (Å²) in [5.74, 6) is 0.933. The van der Waals surface area contributed by atoms with E-state index in [-0.39, 0.29) is 6.61 Å². The first-order chi connectivity index (χ1) is 13.6. The Balaban J connectivity index is 1.61. The first-order valence-corrected chi connectivity index (χ1v) is 8.99. The molecule has 0 fully saturated rings. The van der Waals surface area contributed by atoms with Gasteiger partial charge in [-0.2, -0.15) is 0 Å². The van der Waals surface area contributed by atoms with E-state index in [0.717, 1.165) is 16.8 Å². The van der Waals surface area contributed by atoms with Gasteiger partial charge in [0.25, 0.3) is 0 Å². The number of hydrogen-bond acceptors (Lipinski definition) is 6. The van der Waals surface area contributed by atoms with Crippen molar-refractivity contribution >= 4 is 5.97 Å². The van der Waals surface area contributed by atoms with Crippen molar-refractivity contribution in [3.05, 3.63) is 65.8 Å². The van der Waals surface area contributed by atoms with E-state index in [1.807, 2.05) is 31.2 Å². The van der Waals surface area contributed by atoms with Crippen LogP contribution >= 0.6 is 0 Å². The van der Waals surface area contributed by atoms with Crippen LogP contribution in [0, 0.1) is 6.92 Å². The highest BCUT2D eigenvalue weighted by Gasteiger charge is 2.18. The minimum atomic E-state index is -0.964. The van der Waals surface area contributed by atoms with Crippen molar-refractivity contribution in [2.24, 2.45) is 0 Å². The van der Waals surface area contributed by atoms with Gasteiger partial charge in [-0.25, -0.2) is 9.78 Å². The molecule has 2 heterocycles. The fraction of sp³-hybridized carbons (Fsp3) is 0.286. The van der Waals surface area contributed by atoms with Crippen LogP contribution in [0.15, 0.2) is 53.2 Å². The van der Waals surface area contributed by atoms with Gasteiger partial charge in [0.05, 0.1) is 0 Å². The number of rotatable bonds is 9. The minimum absolute atomic E-state index is 0.274. The molecule has 1 N–H and O–H groups in total. The second-order valence-corrected chi connectivity index (χ2v) is 6.18. The van der Waals surface area contributed by atoms with Crippen molar-refractivity contribution < 1.29 is 23.8 Å². The summed E-state index contributed by atoms with van der Waals surface area (Å²) in [5.41, 5.74) is 2.44. The Labute approximate surface area is 163 Å². The second kappa shape index (κ2) is 9.14. The molecule has 2 aromatic heterocycles. The SMILES string of the molecule is CCOC(Cc1ccc(OCc2nc(-c3ccncc3)oc2C)cc1)C(=O)O. The zero-order valence-corrected chi connectivity index (χ0v) is 15.8. The van der Waals surface area contributed by atoms with Gasteiger partial charge in [-0.15, -0.1) is 0 Å². The van der Waals surface area contributed by atoms with Crippen molar-refractivity contribution in [2.45, 2.75) is 33.0 Å². The molecule has 0 radical (unpaired) electrons. The van der Waals surface area contributed by atoms with Crippen LogP contribution in [0.3, 0.4) is 0 Å². The smallest absolute Gasteiger partial charge is 0.333 e. The van der Waals surface area contributed by atoms with E-state index < -0.39 is 12.1 Å². The quantitative estimate of drug-likeness (QED) is 0.603. The summed E-state index contributed by atoms with van der Waals surface area (Å²) in [7, 11) is 0. The van der Waals surface area contributed by atoms with E-state index in [1.54, 1.807) is 31.5 Å². The molecule has 0 aliphatic heterocycles. The molecule has 0 saturated carbocycles. The number of carboxylic acid groups (broad SMARTS) is 1. The zero-order valence-electron chi connectivity index (χ0n) is 15.8. The van der Waals surface area contributed by atoms with Crippen LogP contribution in [-0.4, -0.2) is 33.8 Å². The predicted octanol–water partition coefficient (Wildman–Crippen LogP) is 3.66. The third kappa shape index (κ3) is 4.95. The number of aromatic nitrogens is 2. The Hall–Kier alpha value is -3.19. The summed E-state index contributed by atoms with van der Waals surface area (Å²) < 4.78 is 16.7. The van der Waals surface area contributed by atoms with Crippen molar-refractivity contribution in [3.63, 3.8) is 0 Å². The van der Waals surface area contributed by atoms with Gasteiger partial charge < -0.3 is 19.0 Å². The Morgan fingerprint density at radius 3 is 2.54 bits per heavy atom. The molecule has 28 heavy (non-hydrogen) atoms. The van der Waals surface area contributed by atoms with Crippen molar-refractivity contribution in [3.8, 4) is 17.2 Å². The molecule has 0 spiro atoms. The highest BCUT2D eigenvalue weighted by Crippen LogP contribution is 2.22. The molecule has 7 heteroatoms. The number of carboxylic acids is 1. The summed E-state index contributed by atoms with van der Waals surface area (Å²) >= 11 is 0. The first kappa shape index (κ1) is 19.6. The average molecular weight is 382 g/mol. The summed E-state index contributed by atoms with van der Waals surface area (Å²) in [4.78, 5) is 19.7. The Kier molecular flexibility index (Phi) is 6.39. The van der Waals surface area contributed by atoms with Crippen LogP contribution in [0.1, 0.15) is 23.9 Å². The van der Waals surface area contributed by atoms with Gasteiger partial charge in [0.15, 0.2) is 6.10 Å². The number of pyridine rings is 1. The maximum Gasteiger partial charge on any atom is 0.333 e. The summed E-state index contributed by atoms with van der Waals surface area (Å²) in [6.07, 6.45) is 2.84. The molecule has 0 aliphatic rings. The predicted molar refractivity (Wildman–Crippen MR) is 102 cm³/mol. The Morgan fingerprint density at radius 1 is 1.18 bits per heavy atom. The molecule has 3 aromatic rings. The number of carbonyl (C=O) groups is 1. The molecule has 0 saturated heterocycles. The summed E-state index contributed by atoms with van der Waals surface area (Å²) in [5, 5.41) is 9.17. The van der Waals surface area contributed by atoms with Gasteiger partial charge in [-0.1, -0.05) is 12.1 Å². The second-order valence-electron chi connectivity index (χ2n) is 6.18. The zero-order chi connectivity index (χ0) is 19.9. The van der Waals surface area contributed by atoms with Gasteiger partial charge in [0.2, 0.25) is 5.89 Å². The van der Waals surface area contributed by atoms with Crippen LogP contribution in [-0.2, 0) is 22.6 Å². The van der Waals surface area contributed by atoms with Crippen LogP contribution in [0.2, 0.25) is 0 Å². The van der Waals surface area contributed by atoms with Crippen LogP contribution in [0.25, 0.3) is 11.5 Å². The topological polar surface area (TPSA) is 94.7 Å². The first-order valence-electron chi connectivity index (χ1n) is 8.99. The van der Waals surface area contributed by atoms with Gasteiger partial charge in [0.1, 0.15) is 23.8 Å². The van der Waals surface area contributed by atoms with Gasteiger partial charge in [-0.3, -0.25) is 4.98 Å². The number of hydrogen-bond donors (Lipinski definition) is 1. The molecule has 0 amide bonds. The number of aryl methyl sites for hydroxylation is 1. The summed E-state index contributed by atoms with van der Waals surface area (Å²) in [6, 6.07) is 11.0. The minimum Gasteiger partial charge on any atom is -0.487 e. The number of ether oxygens (including phenoxy) is 2. The van der Waals surface area contributed by atoms with Crippen molar-refractivity contribution in [2.75, 3.05) is 6.61 Å². The van der Waals surface area contributed by atoms with Crippen LogP contribution < -0.4 is 4.74 Å². The molecule has 0 aliphatic carbocycles. The molecule has 1 atom stereocenters. The highest BCUT2D eigenvalue weighted by molar-refractivity contribution is 5.72. The third-order valence-corrected chi connectivity index (χ3v) is 4.18. The molecule has 3 rings (SSSR count). The fourth-order valence-electron chi connectivity index (χ4n) is 2.69. The highest BCUT2D eigenvalue weighted by atomic mass is 16.5. The number of oxazole rings is 1. The lowest BCUT2D eigenvalue weighted by molar-refractivity contribution is -0.149. The molecule has 1 unspecified atom stereocenters. The lowest BCUT2D eigenvalue weighted by Gasteiger charge is -2.12. The van der Waals surface area contributed by atoms with E-state index in [4.69, 9.17) is 13.9 Å². The van der Waals surface area contributed by atoms with Gasteiger partial charge >= 0.3 is 5.97 Å². The molecule has 7 nitrogen and oxygen atoms in total. The molecule has 1 aromatic carbocycles. The molecule has 146 valence electrons.